The number of hydrogen-bond donors (Lipinski definition) is 0. The van der Waals surface area contributed by atoms with E-state index in [2.05, 4.69) is 0 Å². The number of benzene rings is 1. The molecule has 0 aliphatic heterocycles. The Morgan fingerprint density at radius 1 is 1.33 bits per heavy atom. The number of rotatable bonds is 3. The maximum Gasteiger partial charge on any atom is 0.318 e. The minimum Gasteiger partial charge on any atom is -0.426 e. The topological polar surface area (TPSA) is 50.1 Å². The molecule has 3 nitrogen and oxygen atoms in total. The van der Waals surface area contributed by atoms with Crippen molar-refractivity contribution in [1.29, 1.82) is 0 Å². The Bertz CT molecular complexity index is 338. The lowest BCUT2D eigenvalue weighted by Gasteiger charge is -2.37. The van der Waals surface area contributed by atoms with Crippen LogP contribution in [0.2, 0.25) is 0 Å². The van der Waals surface area contributed by atoms with Crippen LogP contribution in [-0.2, 0) is 4.79 Å². The van der Waals surface area contributed by atoms with Crippen molar-refractivity contribution in [2.75, 3.05) is 6.54 Å². The van der Waals surface area contributed by atoms with Gasteiger partial charge in [0.1, 0.15) is 5.75 Å². The second kappa shape index (κ2) is 4.03. The van der Waals surface area contributed by atoms with Crippen molar-refractivity contribution in [3.05, 3.63) is 30.3 Å². The minimum atomic E-state index is -0.518. The highest BCUT2D eigenvalue weighted by Crippen LogP contribution is 2.41. The van der Waals surface area contributed by atoms with Gasteiger partial charge in [0.15, 0.2) is 0 Å². The molecule has 1 aliphatic carbocycles. The fourth-order valence-electron chi connectivity index (χ4n) is 1.76. The molecule has 0 saturated heterocycles. The van der Waals surface area contributed by atoms with E-state index in [0.29, 0.717) is 5.75 Å². The predicted molar refractivity (Wildman–Crippen MR) is 56.3 cm³/mol. The first-order valence-electron chi connectivity index (χ1n) is 5.19. The summed E-state index contributed by atoms with van der Waals surface area (Å²) in [6.07, 6.45) is 2.62. The van der Waals surface area contributed by atoms with Crippen LogP contribution in [0.1, 0.15) is 19.3 Å². The third-order valence-electron chi connectivity index (χ3n) is 3.04. The Morgan fingerprint density at radius 3 is 2.47 bits per heavy atom. The van der Waals surface area contributed by atoms with E-state index < -0.39 is 5.41 Å². The summed E-state index contributed by atoms with van der Waals surface area (Å²) in [5, 5.41) is 0. The Morgan fingerprint density at radius 2 is 2.00 bits per heavy atom. The quantitative estimate of drug-likeness (QED) is 0.559. The highest BCUT2D eigenvalue weighted by atomic mass is 16.5. The van der Waals surface area contributed by atoms with Gasteiger partial charge >= 0.3 is 5.97 Å². The number of carbonyl (C=O) groups excluding carboxylic acids is 1. The first kappa shape index (κ1) is 10.2. The van der Waals surface area contributed by atoms with Gasteiger partial charge in [-0.1, -0.05) is 24.6 Å². The van der Waals surface area contributed by atoms with Crippen molar-refractivity contribution < 1.29 is 9.53 Å². The monoisotopic (exact) mass is 204 g/mol. The molecule has 79 valence electrons. The van der Waals surface area contributed by atoms with Crippen LogP contribution >= 0.6 is 0 Å². The van der Waals surface area contributed by atoms with Gasteiger partial charge in [-0.25, -0.2) is 0 Å². The number of hydrogen-bond acceptors (Lipinski definition) is 2. The van der Waals surface area contributed by atoms with E-state index in [1.807, 2.05) is 18.2 Å². The molecule has 0 amide bonds. The second-order valence-corrected chi connectivity index (χ2v) is 4.01. The van der Waals surface area contributed by atoms with Crippen molar-refractivity contribution >= 4 is 5.97 Å². The third kappa shape index (κ3) is 1.88. The van der Waals surface area contributed by atoms with Crippen molar-refractivity contribution in [2.45, 2.75) is 19.3 Å². The van der Waals surface area contributed by atoms with Crippen LogP contribution in [0, 0.1) is 5.41 Å². The molecule has 0 spiro atoms. The highest BCUT2D eigenvalue weighted by molar-refractivity contribution is 5.80. The summed E-state index contributed by atoms with van der Waals surface area (Å²) >= 11 is 0. The van der Waals surface area contributed by atoms with Crippen LogP contribution in [0.5, 0.6) is 5.75 Å². The van der Waals surface area contributed by atoms with Crippen LogP contribution in [-0.4, -0.2) is 12.5 Å². The number of nitrogens with one attached hydrogen (secondary N) is 1. The van der Waals surface area contributed by atoms with Crippen LogP contribution < -0.4 is 10.5 Å². The van der Waals surface area contributed by atoms with Gasteiger partial charge < -0.3 is 4.74 Å². The molecule has 1 saturated carbocycles. The normalized spacial score (nSPS) is 17.9. The zero-order valence-electron chi connectivity index (χ0n) is 8.53. The standard InChI is InChI=1S/C12H14NO2/c13-9-12(7-4-8-12)11(14)15-10-5-2-1-3-6-10/h1-3,5-6,13H,4,7-9H2. The number of carbonyl (C=O) groups is 1. The zero-order chi connectivity index (χ0) is 10.7. The second-order valence-electron chi connectivity index (χ2n) is 4.01. The molecule has 1 aromatic carbocycles. The van der Waals surface area contributed by atoms with Crippen molar-refractivity contribution in [2.24, 2.45) is 5.41 Å². The summed E-state index contributed by atoms with van der Waals surface area (Å²) in [4.78, 5) is 11.8. The van der Waals surface area contributed by atoms with Gasteiger partial charge in [0.2, 0.25) is 0 Å². The lowest BCUT2D eigenvalue weighted by Crippen LogP contribution is -2.44. The summed E-state index contributed by atoms with van der Waals surface area (Å²) in [7, 11) is 0. The molecule has 1 radical (unpaired) electrons. The minimum absolute atomic E-state index is 0.138. The predicted octanol–water partition coefficient (Wildman–Crippen LogP) is 2.05. The fraction of sp³-hybridized carbons (Fsp3) is 0.417. The average molecular weight is 204 g/mol. The molecule has 0 bridgehead atoms. The number of para-hydroxylation sites is 1. The van der Waals surface area contributed by atoms with Crippen molar-refractivity contribution in [3.8, 4) is 5.75 Å². The molecule has 15 heavy (non-hydrogen) atoms. The van der Waals surface area contributed by atoms with Crippen LogP contribution in [0.3, 0.4) is 0 Å². The van der Waals surface area contributed by atoms with E-state index in [0.717, 1.165) is 19.3 Å². The largest absolute Gasteiger partial charge is 0.426 e. The van der Waals surface area contributed by atoms with Crippen LogP contribution in [0.15, 0.2) is 30.3 Å². The molecule has 1 fully saturated rings. The molecule has 1 aromatic rings. The SMILES string of the molecule is [NH]CC1(C(=O)Oc2ccccc2)CCC1. The molecule has 1 aliphatic rings. The molecule has 0 aromatic heterocycles. The first-order valence-corrected chi connectivity index (χ1v) is 5.19. The van der Waals surface area contributed by atoms with Crippen LogP contribution in [0.4, 0.5) is 0 Å². The highest BCUT2D eigenvalue weighted by Gasteiger charge is 2.44. The lowest BCUT2D eigenvalue weighted by molar-refractivity contribution is -0.150. The van der Waals surface area contributed by atoms with Crippen molar-refractivity contribution in [1.82, 2.24) is 5.73 Å². The summed E-state index contributed by atoms with van der Waals surface area (Å²) in [5.41, 5.74) is 6.89. The first-order chi connectivity index (χ1) is 7.27. The smallest absolute Gasteiger partial charge is 0.318 e. The summed E-state index contributed by atoms with van der Waals surface area (Å²) in [6, 6.07) is 9.05. The fourth-order valence-corrected chi connectivity index (χ4v) is 1.76. The molecule has 0 atom stereocenters. The zero-order valence-corrected chi connectivity index (χ0v) is 8.53. The summed E-state index contributed by atoms with van der Waals surface area (Å²) < 4.78 is 5.25. The maximum absolute atomic E-state index is 11.8. The molecule has 1 N–H and O–H groups in total. The van der Waals surface area contributed by atoms with Gasteiger partial charge in [0.25, 0.3) is 0 Å². The van der Waals surface area contributed by atoms with Gasteiger partial charge in [-0.15, -0.1) is 0 Å². The van der Waals surface area contributed by atoms with E-state index in [9.17, 15) is 4.79 Å². The van der Waals surface area contributed by atoms with Gasteiger partial charge in [-0.05, 0) is 25.0 Å². The van der Waals surface area contributed by atoms with Crippen molar-refractivity contribution in [3.63, 3.8) is 0 Å². The number of esters is 1. The van der Waals surface area contributed by atoms with Gasteiger partial charge in [0.05, 0.1) is 5.41 Å². The molecular formula is C12H14NO2. The van der Waals surface area contributed by atoms with E-state index in [1.165, 1.54) is 0 Å². The molecular weight excluding hydrogens is 190 g/mol. The van der Waals surface area contributed by atoms with Gasteiger partial charge in [-0.3, -0.25) is 10.5 Å². The Kier molecular flexibility index (Phi) is 2.73. The Balaban J connectivity index is 2.04. The summed E-state index contributed by atoms with van der Waals surface area (Å²) in [5.74, 6) is 0.331. The van der Waals surface area contributed by atoms with Gasteiger partial charge in [0, 0.05) is 6.54 Å². The van der Waals surface area contributed by atoms with E-state index in [-0.39, 0.29) is 12.5 Å². The van der Waals surface area contributed by atoms with E-state index in [1.54, 1.807) is 12.1 Å². The Labute approximate surface area is 89.2 Å². The number of ether oxygens (including phenoxy) is 1. The average Bonchev–Trinajstić information content (AvgIpc) is 2.18. The maximum atomic E-state index is 11.8. The molecule has 0 heterocycles. The van der Waals surface area contributed by atoms with Gasteiger partial charge in [-0.2, -0.15) is 0 Å². The molecule has 0 unspecified atom stereocenters. The lowest BCUT2D eigenvalue weighted by atomic mass is 9.69. The third-order valence-corrected chi connectivity index (χ3v) is 3.04. The molecule has 2 rings (SSSR count). The van der Waals surface area contributed by atoms with E-state index in [4.69, 9.17) is 10.5 Å². The Hall–Kier alpha value is -1.35. The van der Waals surface area contributed by atoms with Crippen LogP contribution in [0.25, 0.3) is 0 Å². The molecule has 3 heteroatoms. The summed E-state index contributed by atoms with van der Waals surface area (Å²) in [6.45, 7) is 0.138. The van der Waals surface area contributed by atoms with E-state index >= 15 is 0 Å².